The maximum Gasteiger partial charge on any atom is 0.314 e. The van der Waals surface area contributed by atoms with Gasteiger partial charge in [0.05, 0.1) is 24.4 Å². The standard InChI is InChI=1S/C36H60O9/c1-8-9-29(39)22(4)32-20(2)14-21(3)36(43,45-32)23(5)33(41)44-19-25(18-38)26-10-12-34(6)16-27-24(17-37)15-30(40)31(27)35(7,42)13-11-28(26)34/h11,20-27,30-32,37-38,40,42-43H,8-10,12-19H2,1-7H3/t20?,21?,22?,23?,24-,25+,26+,27+,30+,31+,32?,34+,35-,36?/m1/s1. The molecule has 0 radical (unpaired) electrons. The van der Waals surface area contributed by atoms with Gasteiger partial charge >= 0.3 is 5.97 Å². The molecule has 0 amide bonds. The molecule has 258 valence electrons. The normalized spacial score (nSPS) is 43.7. The highest BCUT2D eigenvalue weighted by Crippen LogP contribution is 2.59. The fourth-order valence-electron chi connectivity index (χ4n) is 9.76. The zero-order valence-corrected chi connectivity index (χ0v) is 28.6. The molecule has 14 atom stereocenters. The van der Waals surface area contributed by atoms with Gasteiger partial charge in [0, 0.05) is 43.3 Å². The van der Waals surface area contributed by atoms with E-state index in [0.29, 0.717) is 25.7 Å². The summed E-state index contributed by atoms with van der Waals surface area (Å²) in [4.78, 5) is 26.2. The Morgan fingerprint density at radius 1 is 1.13 bits per heavy atom. The zero-order valence-electron chi connectivity index (χ0n) is 28.6. The highest BCUT2D eigenvalue weighted by molar-refractivity contribution is 5.81. The number of esters is 1. The first-order chi connectivity index (χ1) is 21.0. The van der Waals surface area contributed by atoms with Crippen molar-refractivity contribution in [3.63, 3.8) is 0 Å². The van der Waals surface area contributed by atoms with Gasteiger partial charge in [0.15, 0.2) is 5.79 Å². The molecular formula is C36H60O9. The van der Waals surface area contributed by atoms with E-state index >= 15 is 0 Å². The molecule has 0 aromatic carbocycles. The Balaban J connectivity index is 1.47. The molecule has 0 aromatic rings. The molecule has 0 bridgehead atoms. The summed E-state index contributed by atoms with van der Waals surface area (Å²) >= 11 is 0. The SMILES string of the molecule is CCCC(=O)C(C)C1OC(O)(C(C)C(=O)OC[C@H](CO)[C@@H]2CC[C@@]3(C)C[C@H]4[C@@H](CO)C[C@H](O)[C@H]4[C@](C)(O)CC=C23)C(C)CC1C. The van der Waals surface area contributed by atoms with E-state index in [-0.39, 0.29) is 72.4 Å². The van der Waals surface area contributed by atoms with E-state index in [9.17, 15) is 35.1 Å². The predicted octanol–water partition coefficient (Wildman–Crippen LogP) is 4.02. The van der Waals surface area contributed by atoms with Gasteiger partial charge < -0.3 is 35.0 Å². The maximum absolute atomic E-state index is 13.5. The summed E-state index contributed by atoms with van der Waals surface area (Å²) < 4.78 is 12.1. The summed E-state index contributed by atoms with van der Waals surface area (Å²) in [5.41, 5.74) is -0.204. The number of aliphatic hydroxyl groups excluding tert-OH is 3. The smallest absolute Gasteiger partial charge is 0.314 e. The lowest BCUT2D eigenvalue weighted by atomic mass is 9.64. The van der Waals surface area contributed by atoms with Gasteiger partial charge in [0.2, 0.25) is 0 Å². The molecule has 0 aromatic heterocycles. The van der Waals surface area contributed by atoms with E-state index in [1.165, 1.54) is 0 Å². The number of ether oxygens (including phenoxy) is 2. The van der Waals surface area contributed by atoms with Crippen molar-refractivity contribution >= 4 is 11.8 Å². The molecule has 1 saturated heterocycles. The van der Waals surface area contributed by atoms with Gasteiger partial charge in [0.1, 0.15) is 11.7 Å². The third-order valence-corrected chi connectivity index (χ3v) is 12.5. The van der Waals surface area contributed by atoms with Crippen LogP contribution < -0.4 is 0 Å². The van der Waals surface area contributed by atoms with Crippen LogP contribution in [0.25, 0.3) is 0 Å². The van der Waals surface area contributed by atoms with Crippen LogP contribution in [0.1, 0.15) is 99.8 Å². The Kier molecular flexibility index (Phi) is 11.4. The Morgan fingerprint density at radius 3 is 2.44 bits per heavy atom. The summed E-state index contributed by atoms with van der Waals surface area (Å²) in [6.07, 6.45) is 5.94. The molecule has 0 spiro atoms. The summed E-state index contributed by atoms with van der Waals surface area (Å²) in [5, 5.41) is 54.7. The largest absolute Gasteiger partial charge is 0.465 e. The molecular weight excluding hydrogens is 576 g/mol. The van der Waals surface area contributed by atoms with Crippen LogP contribution in [0.3, 0.4) is 0 Å². The monoisotopic (exact) mass is 636 g/mol. The van der Waals surface area contributed by atoms with Crippen molar-refractivity contribution in [2.75, 3.05) is 19.8 Å². The lowest BCUT2D eigenvalue weighted by Crippen LogP contribution is -2.58. The van der Waals surface area contributed by atoms with Gasteiger partial charge in [-0.25, -0.2) is 0 Å². The fraction of sp³-hybridized carbons (Fsp3) is 0.889. The molecule has 1 heterocycles. The van der Waals surface area contributed by atoms with Crippen LogP contribution in [0.2, 0.25) is 0 Å². The van der Waals surface area contributed by atoms with Crippen LogP contribution in [0.15, 0.2) is 11.6 Å². The fourth-order valence-corrected chi connectivity index (χ4v) is 9.76. The third-order valence-electron chi connectivity index (χ3n) is 12.5. The number of hydrogen-bond acceptors (Lipinski definition) is 9. The summed E-state index contributed by atoms with van der Waals surface area (Å²) in [7, 11) is 0. The van der Waals surface area contributed by atoms with Crippen molar-refractivity contribution in [3.05, 3.63) is 11.6 Å². The number of Topliss-reactive ketones (excluding diaryl/α,β-unsaturated/α-hetero) is 1. The second kappa shape index (κ2) is 14.0. The number of allylic oxidation sites excluding steroid dienone is 1. The van der Waals surface area contributed by atoms with E-state index in [0.717, 1.165) is 31.3 Å². The first-order valence-electron chi connectivity index (χ1n) is 17.5. The minimum Gasteiger partial charge on any atom is -0.465 e. The number of carbonyl (C=O) groups is 2. The molecule has 45 heavy (non-hydrogen) atoms. The number of fused-ring (bicyclic) bond motifs is 2. The molecule has 1 aliphatic heterocycles. The van der Waals surface area contributed by atoms with Gasteiger partial charge in [-0.1, -0.05) is 46.3 Å². The Bertz CT molecular complexity index is 1090. The van der Waals surface area contributed by atoms with Crippen LogP contribution in [-0.4, -0.2) is 80.7 Å². The van der Waals surface area contributed by atoms with Crippen molar-refractivity contribution in [1.29, 1.82) is 0 Å². The number of ketones is 1. The highest BCUT2D eigenvalue weighted by Gasteiger charge is 2.56. The number of hydrogen-bond donors (Lipinski definition) is 5. The quantitative estimate of drug-likeness (QED) is 0.167. The van der Waals surface area contributed by atoms with Gasteiger partial charge in [-0.15, -0.1) is 0 Å². The van der Waals surface area contributed by atoms with Gasteiger partial charge in [-0.05, 0) is 87.9 Å². The van der Waals surface area contributed by atoms with Crippen LogP contribution in [-0.2, 0) is 19.1 Å². The van der Waals surface area contributed by atoms with E-state index in [2.05, 4.69) is 13.0 Å². The van der Waals surface area contributed by atoms with Gasteiger partial charge in [-0.2, -0.15) is 0 Å². The van der Waals surface area contributed by atoms with E-state index in [4.69, 9.17) is 9.47 Å². The van der Waals surface area contributed by atoms with E-state index < -0.39 is 41.4 Å². The Morgan fingerprint density at radius 2 is 1.82 bits per heavy atom. The van der Waals surface area contributed by atoms with Crippen molar-refractivity contribution in [3.8, 4) is 0 Å². The molecule has 2 saturated carbocycles. The number of rotatable bonds is 11. The highest BCUT2D eigenvalue weighted by atomic mass is 16.6. The number of carbonyl (C=O) groups excluding carboxylic acids is 2. The molecule has 4 rings (SSSR count). The van der Waals surface area contributed by atoms with E-state index in [1.54, 1.807) is 13.8 Å². The number of aliphatic hydroxyl groups is 5. The lowest BCUT2D eigenvalue weighted by molar-refractivity contribution is -0.318. The molecule has 9 heteroatoms. The summed E-state index contributed by atoms with van der Waals surface area (Å²) in [6, 6.07) is 0. The van der Waals surface area contributed by atoms with Crippen molar-refractivity contribution in [1.82, 2.24) is 0 Å². The van der Waals surface area contributed by atoms with Crippen molar-refractivity contribution in [2.24, 2.45) is 58.7 Å². The third kappa shape index (κ3) is 6.95. The summed E-state index contributed by atoms with van der Waals surface area (Å²) in [5.74, 6) is -4.84. The first-order valence-corrected chi connectivity index (χ1v) is 17.5. The van der Waals surface area contributed by atoms with Crippen molar-refractivity contribution in [2.45, 2.75) is 123 Å². The second-order valence-electron chi connectivity index (χ2n) is 15.8. The Hall–Kier alpha value is -1.36. The predicted molar refractivity (Wildman–Crippen MR) is 169 cm³/mol. The molecule has 4 aliphatic rings. The summed E-state index contributed by atoms with van der Waals surface area (Å²) in [6.45, 7) is 13.0. The van der Waals surface area contributed by atoms with Gasteiger partial charge in [0.25, 0.3) is 0 Å². The minimum absolute atomic E-state index is 0.0200. The van der Waals surface area contributed by atoms with Gasteiger partial charge in [-0.3, -0.25) is 9.59 Å². The van der Waals surface area contributed by atoms with Crippen LogP contribution >= 0.6 is 0 Å². The van der Waals surface area contributed by atoms with Crippen molar-refractivity contribution < 1.29 is 44.6 Å². The van der Waals surface area contributed by atoms with Crippen LogP contribution in [0.4, 0.5) is 0 Å². The first kappa shape index (κ1) is 36.5. The molecule has 3 aliphatic carbocycles. The Labute approximate surface area is 269 Å². The average Bonchev–Trinajstić information content (AvgIpc) is 3.47. The van der Waals surface area contributed by atoms with E-state index in [1.807, 2.05) is 27.7 Å². The molecule has 5 N–H and O–H groups in total. The topological polar surface area (TPSA) is 154 Å². The molecule has 3 fully saturated rings. The van der Waals surface area contributed by atoms with Crippen LogP contribution in [0.5, 0.6) is 0 Å². The van der Waals surface area contributed by atoms with Crippen LogP contribution in [0, 0.1) is 58.7 Å². The molecule has 9 nitrogen and oxygen atoms in total. The molecule has 6 unspecified atom stereocenters. The minimum atomic E-state index is -1.78. The zero-order chi connectivity index (χ0) is 33.5. The maximum atomic E-state index is 13.5. The lowest BCUT2D eigenvalue weighted by Gasteiger charge is -2.48. The average molecular weight is 637 g/mol. The second-order valence-corrected chi connectivity index (χ2v) is 15.8.